The van der Waals surface area contributed by atoms with Gasteiger partial charge in [0.2, 0.25) is 0 Å². The standard InChI is InChI=1S/C18H16FNO3S/c1-11-5-7-13(8-6-11)24(22,23)20-10-12-9-16(21)17(12)18-14(19)3-2-4-15(18)20/h2-8,12,17H,9-10H2,1H3/t12-,17+/m1/s1. The molecule has 0 radical (unpaired) electrons. The molecule has 2 aromatic carbocycles. The highest BCUT2D eigenvalue weighted by atomic mass is 32.2. The number of halogens is 1. The maximum absolute atomic E-state index is 14.3. The first-order valence-corrected chi connectivity index (χ1v) is 9.24. The highest BCUT2D eigenvalue weighted by Gasteiger charge is 2.49. The van der Waals surface area contributed by atoms with Crippen LogP contribution in [0.5, 0.6) is 0 Å². The van der Waals surface area contributed by atoms with Crippen molar-refractivity contribution >= 4 is 21.5 Å². The Morgan fingerprint density at radius 3 is 2.50 bits per heavy atom. The second kappa shape index (κ2) is 5.14. The summed E-state index contributed by atoms with van der Waals surface area (Å²) in [4.78, 5) is 12.1. The van der Waals surface area contributed by atoms with E-state index in [0.717, 1.165) is 5.56 Å². The highest BCUT2D eigenvalue weighted by Crippen LogP contribution is 2.50. The second-order valence-electron chi connectivity index (χ2n) is 6.43. The molecule has 1 heterocycles. The second-order valence-corrected chi connectivity index (χ2v) is 8.29. The number of benzene rings is 2. The number of carbonyl (C=O) groups is 1. The zero-order valence-electron chi connectivity index (χ0n) is 13.1. The SMILES string of the molecule is Cc1ccc(S(=O)(=O)N2C[C@H]3CC(=O)[C@H]3c3c(F)cccc32)cc1. The number of ketones is 1. The molecular formula is C18H16FNO3S. The molecular weight excluding hydrogens is 329 g/mol. The predicted octanol–water partition coefficient (Wildman–Crippen LogP) is 3.02. The number of Topliss-reactive ketones (excluding diaryl/α,β-unsaturated/α-hetero) is 1. The molecule has 4 nitrogen and oxygen atoms in total. The van der Waals surface area contributed by atoms with E-state index in [1.54, 1.807) is 30.3 Å². The molecule has 2 aromatic rings. The maximum atomic E-state index is 14.3. The first-order valence-electron chi connectivity index (χ1n) is 7.80. The first-order chi connectivity index (χ1) is 11.4. The van der Waals surface area contributed by atoms with Crippen LogP contribution in [0.2, 0.25) is 0 Å². The van der Waals surface area contributed by atoms with Crippen LogP contribution < -0.4 is 4.31 Å². The Balaban J connectivity index is 1.86. The van der Waals surface area contributed by atoms with E-state index in [9.17, 15) is 17.6 Å². The third-order valence-electron chi connectivity index (χ3n) is 4.90. The van der Waals surface area contributed by atoms with Crippen LogP contribution in [0.3, 0.4) is 0 Å². The van der Waals surface area contributed by atoms with Gasteiger partial charge in [-0.15, -0.1) is 0 Å². The molecule has 0 aromatic heterocycles. The molecule has 0 unspecified atom stereocenters. The molecule has 0 spiro atoms. The van der Waals surface area contributed by atoms with E-state index < -0.39 is 21.8 Å². The van der Waals surface area contributed by atoms with Crippen molar-refractivity contribution in [3.8, 4) is 0 Å². The van der Waals surface area contributed by atoms with Gasteiger partial charge in [-0.1, -0.05) is 23.8 Å². The summed E-state index contributed by atoms with van der Waals surface area (Å²) in [5.41, 5.74) is 1.47. The van der Waals surface area contributed by atoms with Gasteiger partial charge < -0.3 is 0 Å². The van der Waals surface area contributed by atoms with Gasteiger partial charge in [-0.3, -0.25) is 9.10 Å². The van der Waals surface area contributed by atoms with Crippen molar-refractivity contribution in [1.29, 1.82) is 0 Å². The molecule has 1 saturated carbocycles. The smallest absolute Gasteiger partial charge is 0.264 e. The van der Waals surface area contributed by atoms with Crippen LogP contribution in [0.1, 0.15) is 23.5 Å². The first kappa shape index (κ1) is 15.3. The fourth-order valence-electron chi connectivity index (χ4n) is 3.60. The minimum atomic E-state index is -3.79. The number of sulfonamides is 1. The van der Waals surface area contributed by atoms with Gasteiger partial charge >= 0.3 is 0 Å². The van der Waals surface area contributed by atoms with E-state index in [4.69, 9.17) is 0 Å². The van der Waals surface area contributed by atoms with Crippen LogP contribution in [0.4, 0.5) is 10.1 Å². The predicted molar refractivity (Wildman–Crippen MR) is 88.0 cm³/mol. The summed E-state index contributed by atoms with van der Waals surface area (Å²) in [6.45, 7) is 2.09. The molecule has 0 bridgehead atoms. The fourth-order valence-corrected chi connectivity index (χ4v) is 5.14. The Morgan fingerprint density at radius 2 is 1.83 bits per heavy atom. The van der Waals surface area contributed by atoms with Gasteiger partial charge in [-0.05, 0) is 37.1 Å². The van der Waals surface area contributed by atoms with Gasteiger partial charge in [0.05, 0.1) is 16.5 Å². The van der Waals surface area contributed by atoms with Crippen LogP contribution in [-0.4, -0.2) is 20.7 Å². The quantitative estimate of drug-likeness (QED) is 0.841. The lowest BCUT2D eigenvalue weighted by Gasteiger charge is -2.45. The molecule has 6 heteroatoms. The molecule has 0 amide bonds. The number of rotatable bonds is 2. The Kier molecular flexibility index (Phi) is 3.28. The summed E-state index contributed by atoms with van der Waals surface area (Å²) >= 11 is 0. The lowest BCUT2D eigenvalue weighted by atomic mass is 9.66. The van der Waals surface area contributed by atoms with Crippen molar-refractivity contribution in [1.82, 2.24) is 0 Å². The van der Waals surface area contributed by atoms with Gasteiger partial charge in [0.15, 0.2) is 0 Å². The minimum absolute atomic E-state index is 0.0151. The zero-order chi connectivity index (χ0) is 17.1. The molecule has 4 rings (SSSR count). The van der Waals surface area contributed by atoms with Crippen molar-refractivity contribution in [2.24, 2.45) is 5.92 Å². The van der Waals surface area contributed by atoms with Crippen molar-refractivity contribution in [2.75, 3.05) is 10.8 Å². The molecule has 0 N–H and O–H groups in total. The van der Waals surface area contributed by atoms with Crippen molar-refractivity contribution in [3.63, 3.8) is 0 Å². The lowest BCUT2D eigenvalue weighted by Crippen LogP contribution is -2.50. The van der Waals surface area contributed by atoms with Gasteiger partial charge in [-0.2, -0.15) is 0 Å². The van der Waals surface area contributed by atoms with Crippen LogP contribution >= 0.6 is 0 Å². The fraction of sp³-hybridized carbons (Fsp3) is 0.278. The normalized spacial score (nSPS) is 22.6. The summed E-state index contributed by atoms with van der Waals surface area (Å²) in [6.07, 6.45) is 0.304. The number of anilines is 1. The Morgan fingerprint density at radius 1 is 1.12 bits per heavy atom. The van der Waals surface area contributed by atoms with Crippen LogP contribution in [-0.2, 0) is 14.8 Å². The average molecular weight is 345 g/mol. The number of nitrogens with zero attached hydrogens (tertiary/aromatic N) is 1. The van der Waals surface area contributed by atoms with Crippen molar-refractivity contribution in [3.05, 3.63) is 59.4 Å². The van der Waals surface area contributed by atoms with E-state index >= 15 is 0 Å². The molecule has 1 aliphatic heterocycles. The molecule has 1 aliphatic carbocycles. The third-order valence-corrected chi connectivity index (χ3v) is 6.69. The van der Waals surface area contributed by atoms with Crippen molar-refractivity contribution < 1.29 is 17.6 Å². The summed E-state index contributed by atoms with van der Waals surface area (Å²) in [5, 5.41) is 0. The number of hydrogen-bond acceptors (Lipinski definition) is 3. The monoisotopic (exact) mass is 345 g/mol. The summed E-state index contributed by atoms with van der Waals surface area (Å²) in [7, 11) is -3.79. The summed E-state index contributed by atoms with van der Waals surface area (Å²) < 4.78 is 41.7. The van der Waals surface area contributed by atoms with Gasteiger partial charge in [-0.25, -0.2) is 12.8 Å². The summed E-state index contributed by atoms with van der Waals surface area (Å²) in [5.74, 6) is -1.19. The van der Waals surface area contributed by atoms with Crippen LogP contribution in [0.25, 0.3) is 0 Å². The number of aryl methyl sites for hydroxylation is 1. The summed E-state index contributed by atoms with van der Waals surface area (Å²) in [6, 6.07) is 10.9. The van der Waals surface area contributed by atoms with E-state index in [0.29, 0.717) is 6.42 Å². The molecule has 0 saturated heterocycles. The van der Waals surface area contributed by atoms with Crippen LogP contribution in [0.15, 0.2) is 47.4 Å². The number of hydrogen-bond donors (Lipinski definition) is 0. The molecule has 2 atom stereocenters. The minimum Gasteiger partial charge on any atom is -0.299 e. The Bertz CT molecular complexity index is 937. The van der Waals surface area contributed by atoms with Gasteiger partial charge in [0.1, 0.15) is 11.6 Å². The average Bonchev–Trinajstić information content (AvgIpc) is 2.53. The van der Waals surface area contributed by atoms with E-state index in [1.165, 1.54) is 16.4 Å². The number of carbonyl (C=O) groups excluding carboxylic acids is 1. The largest absolute Gasteiger partial charge is 0.299 e. The molecule has 2 aliphatic rings. The van der Waals surface area contributed by atoms with E-state index in [-0.39, 0.29) is 34.4 Å². The Hall–Kier alpha value is -2.21. The van der Waals surface area contributed by atoms with Crippen LogP contribution in [0, 0.1) is 18.7 Å². The van der Waals surface area contributed by atoms with Crippen molar-refractivity contribution in [2.45, 2.75) is 24.2 Å². The van der Waals surface area contributed by atoms with E-state index in [2.05, 4.69) is 0 Å². The molecule has 124 valence electrons. The third kappa shape index (κ3) is 2.09. The topological polar surface area (TPSA) is 54.5 Å². The highest BCUT2D eigenvalue weighted by molar-refractivity contribution is 7.92. The number of fused-ring (bicyclic) bond motifs is 3. The lowest BCUT2D eigenvalue weighted by molar-refractivity contribution is -0.129. The van der Waals surface area contributed by atoms with E-state index in [1.807, 2.05) is 6.92 Å². The molecule has 24 heavy (non-hydrogen) atoms. The van der Waals surface area contributed by atoms with Gasteiger partial charge in [0.25, 0.3) is 10.0 Å². The maximum Gasteiger partial charge on any atom is 0.264 e. The van der Waals surface area contributed by atoms with Gasteiger partial charge in [0, 0.05) is 18.5 Å². The Labute approximate surface area is 140 Å². The zero-order valence-corrected chi connectivity index (χ0v) is 13.9. The molecule has 1 fully saturated rings.